The second-order valence-corrected chi connectivity index (χ2v) is 6.37. The predicted octanol–water partition coefficient (Wildman–Crippen LogP) is 1.81. The summed E-state index contributed by atoms with van der Waals surface area (Å²) in [7, 11) is 1.69. The third-order valence-corrected chi connectivity index (χ3v) is 4.71. The van der Waals surface area contributed by atoms with Crippen LogP contribution in [0.15, 0.2) is 29.2 Å². The molecule has 2 aromatic heterocycles. The minimum Gasteiger partial charge on any atom is -0.338 e. The summed E-state index contributed by atoms with van der Waals surface area (Å²) in [4.78, 5) is 35.6. The molecule has 1 unspecified atom stereocenters. The van der Waals surface area contributed by atoms with E-state index in [-0.39, 0.29) is 22.9 Å². The van der Waals surface area contributed by atoms with Gasteiger partial charge in [-0.25, -0.2) is 9.97 Å². The quantitative estimate of drug-likeness (QED) is 0.844. The average molecular weight is 326 g/mol. The lowest BCUT2D eigenvalue weighted by Crippen LogP contribution is -2.42. The van der Waals surface area contributed by atoms with Crippen LogP contribution in [0.4, 0.5) is 0 Å². The maximum atomic E-state index is 12.8. The highest BCUT2D eigenvalue weighted by atomic mass is 16.2. The van der Waals surface area contributed by atoms with Gasteiger partial charge in [-0.3, -0.25) is 9.59 Å². The molecule has 2 aromatic rings. The summed E-state index contributed by atoms with van der Waals surface area (Å²) in [5.41, 5.74) is 1.81. The molecule has 1 fully saturated rings. The lowest BCUT2D eigenvalue weighted by molar-refractivity contribution is 0.0703. The predicted molar refractivity (Wildman–Crippen MR) is 91.1 cm³/mol. The van der Waals surface area contributed by atoms with Crippen LogP contribution in [0, 0.1) is 13.8 Å². The van der Waals surface area contributed by atoms with Crippen LogP contribution < -0.4 is 5.56 Å². The standard InChI is InChI=1S/C18H22N4O2/c1-12-6-7-15(17(23)21(12)3)18(24)22-10-4-5-14(11-22)16-8-9-19-13(2)20-16/h6-9,14H,4-5,10-11H2,1-3H3. The highest BCUT2D eigenvalue weighted by Crippen LogP contribution is 2.26. The van der Waals surface area contributed by atoms with Crippen molar-refractivity contribution in [2.45, 2.75) is 32.6 Å². The molecule has 6 heteroatoms. The van der Waals surface area contributed by atoms with Crippen molar-refractivity contribution in [1.29, 1.82) is 0 Å². The van der Waals surface area contributed by atoms with Crippen molar-refractivity contribution in [2.24, 2.45) is 7.05 Å². The van der Waals surface area contributed by atoms with Gasteiger partial charge in [0.1, 0.15) is 11.4 Å². The number of piperidine rings is 1. The van der Waals surface area contributed by atoms with Crippen LogP contribution in [-0.2, 0) is 7.05 Å². The van der Waals surface area contributed by atoms with Gasteiger partial charge in [-0.2, -0.15) is 0 Å². The maximum absolute atomic E-state index is 12.8. The first-order chi connectivity index (χ1) is 11.5. The number of aromatic nitrogens is 3. The van der Waals surface area contributed by atoms with E-state index < -0.39 is 0 Å². The van der Waals surface area contributed by atoms with Gasteiger partial charge < -0.3 is 9.47 Å². The van der Waals surface area contributed by atoms with Gasteiger partial charge in [0, 0.05) is 43.6 Å². The fourth-order valence-corrected chi connectivity index (χ4v) is 3.17. The zero-order valence-electron chi connectivity index (χ0n) is 14.3. The van der Waals surface area contributed by atoms with E-state index in [0.29, 0.717) is 13.1 Å². The van der Waals surface area contributed by atoms with Crippen LogP contribution in [-0.4, -0.2) is 38.4 Å². The van der Waals surface area contributed by atoms with Gasteiger partial charge >= 0.3 is 0 Å². The summed E-state index contributed by atoms with van der Waals surface area (Å²) in [5.74, 6) is 0.744. The Bertz CT molecular complexity index is 828. The molecule has 0 bridgehead atoms. The Morgan fingerprint density at radius 3 is 2.79 bits per heavy atom. The van der Waals surface area contributed by atoms with Gasteiger partial charge in [-0.05, 0) is 44.9 Å². The number of hydrogen-bond acceptors (Lipinski definition) is 4. The van der Waals surface area contributed by atoms with Crippen molar-refractivity contribution in [2.75, 3.05) is 13.1 Å². The molecule has 1 saturated heterocycles. The number of amides is 1. The van der Waals surface area contributed by atoms with E-state index in [1.54, 1.807) is 24.2 Å². The molecule has 126 valence electrons. The number of rotatable bonds is 2. The number of pyridine rings is 1. The zero-order valence-corrected chi connectivity index (χ0v) is 14.3. The van der Waals surface area contributed by atoms with Gasteiger partial charge in [-0.1, -0.05) is 0 Å². The van der Waals surface area contributed by atoms with E-state index in [0.717, 1.165) is 30.1 Å². The Kier molecular flexibility index (Phi) is 4.46. The summed E-state index contributed by atoms with van der Waals surface area (Å²) in [5, 5.41) is 0. The fourth-order valence-electron chi connectivity index (χ4n) is 3.17. The van der Waals surface area contributed by atoms with E-state index in [4.69, 9.17) is 0 Å². The first-order valence-electron chi connectivity index (χ1n) is 8.23. The van der Waals surface area contributed by atoms with Gasteiger partial charge in [0.25, 0.3) is 11.5 Å². The smallest absolute Gasteiger partial charge is 0.263 e. The van der Waals surface area contributed by atoms with Crippen LogP contribution >= 0.6 is 0 Å². The van der Waals surface area contributed by atoms with Crippen LogP contribution in [0.25, 0.3) is 0 Å². The molecule has 1 amide bonds. The van der Waals surface area contributed by atoms with E-state index >= 15 is 0 Å². The number of likely N-dealkylation sites (tertiary alicyclic amines) is 1. The molecular weight excluding hydrogens is 304 g/mol. The Labute approximate surface area is 141 Å². The van der Waals surface area contributed by atoms with Crippen molar-refractivity contribution in [3.05, 3.63) is 57.5 Å². The van der Waals surface area contributed by atoms with E-state index in [2.05, 4.69) is 9.97 Å². The van der Waals surface area contributed by atoms with Crippen molar-refractivity contribution in [3.8, 4) is 0 Å². The summed E-state index contributed by atoms with van der Waals surface area (Å²) < 4.78 is 1.52. The molecule has 24 heavy (non-hydrogen) atoms. The zero-order chi connectivity index (χ0) is 17.3. The Hall–Kier alpha value is -2.50. The Morgan fingerprint density at radius 2 is 2.04 bits per heavy atom. The summed E-state index contributed by atoms with van der Waals surface area (Å²) in [6.07, 6.45) is 3.66. The SMILES string of the molecule is Cc1nccc(C2CCCN(C(=O)c3ccc(C)n(C)c3=O)C2)n1. The normalized spacial score (nSPS) is 17.8. The first kappa shape index (κ1) is 16.4. The van der Waals surface area contributed by atoms with Crippen LogP contribution in [0.2, 0.25) is 0 Å². The summed E-state index contributed by atoms with van der Waals surface area (Å²) in [6, 6.07) is 5.36. The highest BCUT2D eigenvalue weighted by molar-refractivity contribution is 5.94. The minimum absolute atomic E-state index is 0.189. The number of hydrogen-bond donors (Lipinski definition) is 0. The van der Waals surface area contributed by atoms with Crippen LogP contribution in [0.5, 0.6) is 0 Å². The molecule has 1 aliphatic rings. The molecule has 1 atom stereocenters. The van der Waals surface area contributed by atoms with Crippen molar-refractivity contribution < 1.29 is 4.79 Å². The van der Waals surface area contributed by atoms with Crippen molar-refractivity contribution in [1.82, 2.24) is 19.4 Å². The average Bonchev–Trinajstić information content (AvgIpc) is 2.59. The second-order valence-electron chi connectivity index (χ2n) is 6.37. The lowest BCUT2D eigenvalue weighted by Gasteiger charge is -2.32. The number of carbonyl (C=O) groups is 1. The molecule has 6 nitrogen and oxygen atoms in total. The van der Waals surface area contributed by atoms with Gasteiger partial charge in [-0.15, -0.1) is 0 Å². The third-order valence-electron chi connectivity index (χ3n) is 4.71. The van der Waals surface area contributed by atoms with E-state index in [1.807, 2.05) is 26.0 Å². The monoisotopic (exact) mass is 326 g/mol. The molecule has 3 rings (SSSR count). The van der Waals surface area contributed by atoms with E-state index in [9.17, 15) is 9.59 Å². The van der Waals surface area contributed by atoms with Crippen molar-refractivity contribution >= 4 is 5.91 Å². The number of nitrogens with zero attached hydrogens (tertiary/aromatic N) is 4. The highest BCUT2D eigenvalue weighted by Gasteiger charge is 2.27. The molecule has 0 saturated carbocycles. The topological polar surface area (TPSA) is 68.1 Å². The van der Waals surface area contributed by atoms with Crippen molar-refractivity contribution in [3.63, 3.8) is 0 Å². The number of aryl methyl sites for hydroxylation is 2. The summed E-state index contributed by atoms with van der Waals surface area (Å²) >= 11 is 0. The second kappa shape index (κ2) is 6.55. The Morgan fingerprint density at radius 1 is 1.25 bits per heavy atom. The molecule has 0 radical (unpaired) electrons. The minimum atomic E-state index is -0.236. The first-order valence-corrected chi connectivity index (χ1v) is 8.23. The molecule has 0 N–H and O–H groups in total. The third kappa shape index (κ3) is 3.09. The molecular formula is C18H22N4O2. The molecule has 0 aliphatic carbocycles. The maximum Gasteiger partial charge on any atom is 0.263 e. The Balaban J connectivity index is 1.83. The summed E-state index contributed by atoms with van der Waals surface area (Å²) in [6.45, 7) is 4.98. The van der Waals surface area contributed by atoms with Gasteiger partial charge in [0.2, 0.25) is 0 Å². The fraction of sp³-hybridized carbons (Fsp3) is 0.444. The molecule has 3 heterocycles. The van der Waals surface area contributed by atoms with Gasteiger partial charge in [0.15, 0.2) is 0 Å². The molecule has 1 aliphatic heterocycles. The van der Waals surface area contributed by atoms with Crippen LogP contribution in [0.3, 0.4) is 0 Å². The largest absolute Gasteiger partial charge is 0.338 e. The number of carbonyl (C=O) groups excluding carboxylic acids is 1. The van der Waals surface area contributed by atoms with Gasteiger partial charge in [0.05, 0.1) is 0 Å². The van der Waals surface area contributed by atoms with Crippen LogP contribution in [0.1, 0.15) is 46.3 Å². The lowest BCUT2D eigenvalue weighted by atomic mass is 9.94. The van der Waals surface area contributed by atoms with E-state index in [1.165, 1.54) is 4.57 Å². The molecule has 0 spiro atoms. The molecule has 0 aromatic carbocycles.